The van der Waals surface area contributed by atoms with Crippen LogP contribution in [0.1, 0.15) is 52.4 Å². The summed E-state index contributed by atoms with van der Waals surface area (Å²) in [5.41, 5.74) is 0. The van der Waals surface area contributed by atoms with E-state index in [1.54, 1.807) is 6.33 Å². The van der Waals surface area contributed by atoms with Gasteiger partial charge in [-0.05, 0) is 33.2 Å². The van der Waals surface area contributed by atoms with Crippen molar-refractivity contribution in [3.8, 4) is 0 Å². The normalized spacial score (nSPS) is 13.1. The number of hydrogen-bond acceptors (Lipinski definition) is 4. The first-order chi connectivity index (χ1) is 9.19. The molecule has 19 heavy (non-hydrogen) atoms. The first-order valence-corrected chi connectivity index (χ1v) is 7.38. The summed E-state index contributed by atoms with van der Waals surface area (Å²) in [5, 5.41) is 7.79. The van der Waals surface area contributed by atoms with E-state index in [-0.39, 0.29) is 0 Å². The first-order valence-electron chi connectivity index (χ1n) is 7.38. The lowest BCUT2D eigenvalue weighted by Gasteiger charge is -2.18. The fraction of sp³-hybridized carbons (Fsp3) is 0.857. The van der Waals surface area contributed by atoms with Crippen LogP contribution in [0.4, 0.5) is 0 Å². The number of nitrogens with one attached hydrogen (secondary N) is 1. The largest absolute Gasteiger partial charge is 0.381 e. The van der Waals surface area contributed by atoms with Gasteiger partial charge in [-0.2, -0.15) is 5.10 Å². The summed E-state index contributed by atoms with van der Waals surface area (Å²) in [5.74, 6) is 1.05. The van der Waals surface area contributed by atoms with E-state index in [0.29, 0.717) is 12.1 Å². The minimum Gasteiger partial charge on any atom is -0.381 e. The SMILES string of the molecule is CCCOCCC(Cc1ncnn1C(C)C)NCC. The monoisotopic (exact) mass is 268 g/mol. The van der Waals surface area contributed by atoms with Crippen LogP contribution in [0.5, 0.6) is 0 Å². The predicted octanol–water partition coefficient (Wildman–Crippen LogP) is 2.20. The Labute approximate surface area is 116 Å². The molecule has 0 saturated carbocycles. The average Bonchev–Trinajstić information content (AvgIpc) is 2.83. The van der Waals surface area contributed by atoms with Gasteiger partial charge in [-0.3, -0.25) is 0 Å². The lowest BCUT2D eigenvalue weighted by atomic mass is 10.1. The molecule has 0 aliphatic rings. The summed E-state index contributed by atoms with van der Waals surface area (Å²) < 4.78 is 7.57. The van der Waals surface area contributed by atoms with Crippen molar-refractivity contribution >= 4 is 0 Å². The van der Waals surface area contributed by atoms with Crippen molar-refractivity contribution in [3.63, 3.8) is 0 Å². The number of rotatable bonds is 10. The van der Waals surface area contributed by atoms with Crippen LogP contribution in [-0.4, -0.2) is 40.6 Å². The molecule has 1 aromatic rings. The van der Waals surface area contributed by atoms with Gasteiger partial charge < -0.3 is 10.1 Å². The van der Waals surface area contributed by atoms with Crippen LogP contribution < -0.4 is 5.32 Å². The van der Waals surface area contributed by atoms with Crippen molar-refractivity contribution in [1.82, 2.24) is 20.1 Å². The third-order valence-electron chi connectivity index (χ3n) is 3.02. The Morgan fingerprint density at radius 2 is 2.11 bits per heavy atom. The van der Waals surface area contributed by atoms with Gasteiger partial charge in [0.05, 0.1) is 0 Å². The molecule has 5 nitrogen and oxygen atoms in total. The maximum atomic E-state index is 5.57. The highest BCUT2D eigenvalue weighted by Gasteiger charge is 2.14. The Kier molecular flexibility index (Phi) is 7.67. The highest BCUT2D eigenvalue weighted by atomic mass is 16.5. The van der Waals surface area contributed by atoms with E-state index in [9.17, 15) is 0 Å². The van der Waals surface area contributed by atoms with E-state index in [2.05, 4.69) is 43.1 Å². The van der Waals surface area contributed by atoms with Crippen molar-refractivity contribution < 1.29 is 4.74 Å². The Morgan fingerprint density at radius 1 is 1.32 bits per heavy atom. The number of ether oxygens (including phenoxy) is 1. The van der Waals surface area contributed by atoms with Crippen molar-refractivity contribution in [2.45, 2.75) is 59.0 Å². The maximum absolute atomic E-state index is 5.57. The van der Waals surface area contributed by atoms with E-state index in [4.69, 9.17) is 4.74 Å². The van der Waals surface area contributed by atoms with Gasteiger partial charge in [0.25, 0.3) is 0 Å². The van der Waals surface area contributed by atoms with Crippen LogP contribution in [0, 0.1) is 0 Å². The minimum atomic E-state index is 0.358. The van der Waals surface area contributed by atoms with Gasteiger partial charge in [0.2, 0.25) is 0 Å². The topological polar surface area (TPSA) is 52.0 Å². The molecule has 0 amide bonds. The molecule has 1 heterocycles. The Hall–Kier alpha value is -0.940. The number of hydrogen-bond donors (Lipinski definition) is 1. The zero-order chi connectivity index (χ0) is 14.1. The highest BCUT2D eigenvalue weighted by molar-refractivity contribution is 4.91. The molecule has 1 rings (SSSR count). The van der Waals surface area contributed by atoms with Crippen LogP contribution in [0.25, 0.3) is 0 Å². The fourth-order valence-corrected chi connectivity index (χ4v) is 2.11. The quantitative estimate of drug-likeness (QED) is 0.661. The molecule has 5 heteroatoms. The molecule has 0 saturated heterocycles. The summed E-state index contributed by atoms with van der Waals surface area (Å²) in [6.45, 7) is 11.1. The number of nitrogens with zero attached hydrogens (tertiary/aromatic N) is 3. The summed E-state index contributed by atoms with van der Waals surface area (Å²) >= 11 is 0. The Bertz CT molecular complexity index is 338. The number of aromatic nitrogens is 3. The van der Waals surface area contributed by atoms with E-state index in [1.807, 2.05) is 4.68 Å². The van der Waals surface area contributed by atoms with Gasteiger partial charge in [-0.1, -0.05) is 13.8 Å². The smallest absolute Gasteiger partial charge is 0.138 e. The van der Waals surface area contributed by atoms with Crippen LogP contribution in [0.2, 0.25) is 0 Å². The molecule has 1 aromatic heterocycles. The summed E-state index contributed by atoms with van der Waals surface area (Å²) in [6, 6.07) is 0.764. The molecule has 0 fully saturated rings. The second-order valence-electron chi connectivity index (χ2n) is 5.07. The molecule has 0 spiro atoms. The molecule has 0 bridgehead atoms. The highest BCUT2D eigenvalue weighted by Crippen LogP contribution is 2.09. The summed E-state index contributed by atoms with van der Waals surface area (Å²) in [7, 11) is 0. The third-order valence-corrected chi connectivity index (χ3v) is 3.02. The second kappa shape index (κ2) is 9.04. The molecule has 0 aliphatic heterocycles. The zero-order valence-electron chi connectivity index (χ0n) is 12.7. The van der Waals surface area contributed by atoms with Gasteiger partial charge in [0.1, 0.15) is 12.2 Å². The van der Waals surface area contributed by atoms with E-state index >= 15 is 0 Å². The molecule has 0 aliphatic carbocycles. The predicted molar refractivity (Wildman–Crippen MR) is 77.3 cm³/mol. The van der Waals surface area contributed by atoms with Gasteiger partial charge >= 0.3 is 0 Å². The van der Waals surface area contributed by atoms with E-state index in [1.165, 1.54) is 0 Å². The standard InChI is InChI=1S/C14H28N4O/c1-5-8-19-9-7-13(15-6-2)10-14-16-11-17-18(14)12(3)4/h11-13,15H,5-10H2,1-4H3. The molecular weight excluding hydrogens is 240 g/mol. The van der Waals surface area contributed by atoms with Crippen molar-refractivity contribution in [2.75, 3.05) is 19.8 Å². The Balaban J connectivity index is 2.49. The molecule has 0 radical (unpaired) electrons. The Morgan fingerprint density at radius 3 is 2.74 bits per heavy atom. The molecule has 0 aromatic carbocycles. The van der Waals surface area contributed by atoms with Crippen LogP contribution in [0.15, 0.2) is 6.33 Å². The van der Waals surface area contributed by atoms with Crippen molar-refractivity contribution in [2.24, 2.45) is 0 Å². The van der Waals surface area contributed by atoms with Gasteiger partial charge in [-0.15, -0.1) is 0 Å². The van der Waals surface area contributed by atoms with Gasteiger partial charge in [0.15, 0.2) is 0 Å². The molecule has 1 atom stereocenters. The maximum Gasteiger partial charge on any atom is 0.138 e. The average molecular weight is 268 g/mol. The lowest BCUT2D eigenvalue weighted by molar-refractivity contribution is 0.124. The van der Waals surface area contributed by atoms with Gasteiger partial charge in [0, 0.05) is 31.7 Å². The second-order valence-corrected chi connectivity index (χ2v) is 5.07. The van der Waals surface area contributed by atoms with Crippen LogP contribution >= 0.6 is 0 Å². The molecule has 1 N–H and O–H groups in total. The van der Waals surface area contributed by atoms with Crippen molar-refractivity contribution in [3.05, 3.63) is 12.2 Å². The van der Waals surface area contributed by atoms with E-state index < -0.39 is 0 Å². The lowest BCUT2D eigenvalue weighted by Crippen LogP contribution is -2.33. The summed E-state index contributed by atoms with van der Waals surface area (Å²) in [4.78, 5) is 4.37. The number of likely N-dealkylation sites (N-methyl/N-ethyl adjacent to an activating group) is 1. The van der Waals surface area contributed by atoms with E-state index in [0.717, 1.165) is 44.8 Å². The molecular formula is C14H28N4O. The van der Waals surface area contributed by atoms with Crippen LogP contribution in [-0.2, 0) is 11.2 Å². The van der Waals surface area contributed by atoms with Gasteiger partial charge in [-0.25, -0.2) is 9.67 Å². The fourth-order valence-electron chi connectivity index (χ4n) is 2.11. The van der Waals surface area contributed by atoms with Crippen LogP contribution in [0.3, 0.4) is 0 Å². The third kappa shape index (κ3) is 5.70. The molecule has 110 valence electrons. The first kappa shape index (κ1) is 16.1. The van der Waals surface area contributed by atoms with Crippen molar-refractivity contribution in [1.29, 1.82) is 0 Å². The summed E-state index contributed by atoms with van der Waals surface area (Å²) in [6.07, 6.45) is 4.64. The molecule has 1 unspecified atom stereocenters. The zero-order valence-corrected chi connectivity index (χ0v) is 12.7. The minimum absolute atomic E-state index is 0.358.